The van der Waals surface area contributed by atoms with Crippen molar-refractivity contribution < 1.29 is 14.5 Å². The molecule has 0 saturated carbocycles. The first-order chi connectivity index (χ1) is 10.5. The number of nitro groups is 1. The van der Waals surface area contributed by atoms with Gasteiger partial charge in [-0.15, -0.1) is 0 Å². The number of carbonyl (C=O) groups is 2. The number of ketones is 1. The van der Waals surface area contributed by atoms with Crippen molar-refractivity contribution in [2.75, 3.05) is 0 Å². The first kappa shape index (κ1) is 15.4. The van der Waals surface area contributed by atoms with Crippen LogP contribution in [-0.4, -0.2) is 21.6 Å². The molecule has 1 atom stereocenters. The molecule has 1 amide bonds. The van der Waals surface area contributed by atoms with E-state index in [2.05, 4.69) is 4.98 Å². The molecule has 1 aromatic carbocycles. The highest BCUT2D eigenvalue weighted by Gasteiger charge is 2.28. The lowest BCUT2D eigenvalue weighted by molar-refractivity contribution is -0.384. The molecule has 0 aliphatic carbocycles. The minimum Gasteiger partial charge on any atom is -0.367 e. The van der Waals surface area contributed by atoms with E-state index in [-0.39, 0.29) is 17.9 Å². The number of hydrazine groups is 1. The molecule has 4 N–H and O–H groups in total. The second kappa shape index (κ2) is 6.64. The molecule has 0 radical (unpaired) electrons. The predicted molar refractivity (Wildman–Crippen MR) is 77.7 cm³/mol. The zero-order valence-corrected chi connectivity index (χ0v) is 11.5. The summed E-state index contributed by atoms with van der Waals surface area (Å²) in [6.45, 7) is 0. The van der Waals surface area contributed by atoms with Crippen molar-refractivity contribution in [1.29, 1.82) is 0 Å². The van der Waals surface area contributed by atoms with E-state index in [1.54, 1.807) is 18.5 Å². The van der Waals surface area contributed by atoms with E-state index in [0.717, 1.165) is 0 Å². The molecule has 8 heteroatoms. The minimum atomic E-state index is -1.02. The number of non-ortho nitro benzene ring substituents is 1. The number of carbonyl (C=O) groups excluding carboxylic acids is 2. The Kier molecular flexibility index (Phi) is 4.64. The molecule has 0 saturated heterocycles. The summed E-state index contributed by atoms with van der Waals surface area (Å²) in [5, 5.41) is 10.6. The maximum Gasteiger partial charge on any atom is 0.269 e. The third-order valence-corrected chi connectivity index (χ3v) is 3.21. The summed E-state index contributed by atoms with van der Waals surface area (Å²) in [6, 6.07) is 7.23. The average molecular weight is 302 g/mol. The van der Waals surface area contributed by atoms with Crippen LogP contribution in [0.4, 0.5) is 5.69 Å². The van der Waals surface area contributed by atoms with Gasteiger partial charge in [0.2, 0.25) is 5.91 Å². The highest BCUT2D eigenvalue weighted by molar-refractivity contribution is 6.07. The van der Waals surface area contributed by atoms with Crippen LogP contribution in [0, 0.1) is 10.1 Å². The fourth-order valence-corrected chi connectivity index (χ4v) is 2.12. The summed E-state index contributed by atoms with van der Waals surface area (Å²) >= 11 is 0. The van der Waals surface area contributed by atoms with Gasteiger partial charge in [0.05, 0.1) is 4.92 Å². The first-order valence-corrected chi connectivity index (χ1v) is 6.42. The number of nitrogens with one attached hydrogen (secondary N) is 2. The summed E-state index contributed by atoms with van der Waals surface area (Å²) in [5.41, 5.74) is 3.02. The number of nitrogens with two attached hydrogens (primary N) is 1. The summed E-state index contributed by atoms with van der Waals surface area (Å²) in [6.07, 6.45) is 3.13. The molecule has 114 valence electrons. The van der Waals surface area contributed by atoms with E-state index in [1.807, 2.05) is 5.43 Å². The van der Waals surface area contributed by atoms with E-state index in [1.165, 1.54) is 24.3 Å². The fraction of sp³-hybridized carbons (Fsp3) is 0.143. The van der Waals surface area contributed by atoms with Crippen LogP contribution in [0.2, 0.25) is 0 Å². The van der Waals surface area contributed by atoms with Crippen molar-refractivity contribution in [3.63, 3.8) is 0 Å². The van der Waals surface area contributed by atoms with Gasteiger partial charge in [-0.25, -0.2) is 5.84 Å². The van der Waals surface area contributed by atoms with Crippen LogP contribution in [0.15, 0.2) is 42.7 Å². The Morgan fingerprint density at radius 2 is 1.95 bits per heavy atom. The Bertz CT molecular complexity index is 679. The molecular formula is C14H14N4O4. The maximum absolute atomic E-state index is 12.4. The Morgan fingerprint density at radius 1 is 1.27 bits per heavy atom. The van der Waals surface area contributed by atoms with Crippen LogP contribution in [0.25, 0.3) is 0 Å². The van der Waals surface area contributed by atoms with Crippen LogP contribution in [0.1, 0.15) is 17.0 Å². The van der Waals surface area contributed by atoms with Gasteiger partial charge in [0, 0.05) is 30.9 Å². The van der Waals surface area contributed by atoms with Crippen LogP contribution >= 0.6 is 0 Å². The SMILES string of the molecule is NNC(=O)C(C(=O)Cc1ccc([N+](=O)[O-])cc1)c1cc[nH]c1. The van der Waals surface area contributed by atoms with Crippen molar-refractivity contribution in [3.05, 3.63) is 64.0 Å². The normalized spacial score (nSPS) is 11.7. The fourth-order valence-electron chi connectivity index (χ4n) is 2.12. The number of aromatic nitrogens is 1. The van der Waals surface area contributed by atoms with Crippen molar-refractivity contribution >= 4 is 17.4 Å². The first-order valence-electron chi connectivity index (χ1n) is 6.42. The lowest BCUT2D eigenvalue weighted by Crippen LogP contribution is -2.38. The van der Waals surface area contributed by atoms with Gasteiger partial charge in [-0.05, 0) is 17.2 Å². The molecule has 1 unspecified atom stereocenters. The van der Waals surface area contributed by atoms with Crippen LogP contribution < -0.4 is 11.3 Å². The van der Waals surface area contributed by atoms with Gasteiger partial charge in [0.25, 0.3) is 5.69 Å². The number of aromatic amines is 1. The molecule has 0 bridgehead atoms. The minimum absolute atomic E-state index is 0.0265. The number of H-pyrrole nitrogens is 1. The molecule has 2 rings (SSSR count). The van der Waals surface area contributed by atoms with Crippen molar-refractivity contribution in [2.24, 2.45) is 5.84 Å². The molecule has 0 aliphatic heterocycles. The van der Waals surface area contributed by atoms with Crippen molar-refractivity contribution in [1.82, 2.24) is 10.4 Å². The molecular weight excluding hydrogens is 288 g/mol. The smallest absolute Gasteiger partial charge is 0.269 e. The molecule has 2 aromatic rings. The molecule has 1 heterocycles. The summed E-state index contributed by atoms with van der Waals surface area (Å²) in [5.74, 6) is 3.15. The third kappa shape index (κ3) is 3.36. The number of hydrogen-bond acceptors (Lipinski definition) is 5. The van der Waals surface area contributed by atoms with E-state index in [9.17, 15) is 19.7 Å². The maximum atomic E-state index is 12.4. The number of amides is 1. The lowest BCUT2D eigenvalue weighted by Gasteiger charge is -2.13. The average Bonchev–Trinajstić information content (AvgIpc) is 3.01. The number of Topliss-reactive ketones (excluding diaryl/α,β-unsaturated/α-hetero) is 1. The van der Waals surface area contributed by atoms with Gasteiger partial charge in [-0.1, -0.05) is 12.1 Å². The zero-order valence-electron chi connectivity index (χ0n) is 11.5. The predicted octanol–water partition coefficient (Wildman–Crippen LogP) is 0.808. The highest BCUT2D eigenvalue weighted by atomic mass is 16.6. The van der Waals surface area contributed by atoms with Gasteiger partial charge in [-0.2, -0.15) is 0 Å². The number of nitrogens with zero attached hydrogens (tertiary/aromatic N) is 1. The molecule has 22 heavy (non-hydrogen) atoms. The Balaban J connectivity index is 2.18. The number of nitro benzene ring substituents is 1. The number of rotatable bonds is 6. The molecule has 1 aromatic heterocycles. The topological polar surface area (TPSA) is 131 Å². The largest absolute Gasteiger partial charge is 0.367 e. The monoisotopic (exact) mass is 302 g/mol. The third-order valence-electron chi connectivity index (χ3n) is 3.21. The van der Waals surface area contributed by atoms with Crippen LogP contribution in [-0.2, 0) is 16.0 Å². The Labute approximate surface area is 125 Å². The van der Waals surface area contributed by atoms with Crippen molar-refractivity contribution in [2.45, 2.75) is 12.3 Å². The highest BCUT2D eigenvalue weighted by Crippen LogP contribution is 2.20. The Morgan fingerprint density at radius 3 is 2.45 bits per heavy atom. The van der Waals surface area contributed by atoms with Crippen LogP contribution in [0.5, 0.6) is 0 Å². The van der Waals surface area contributed by atoms with Crippen molar-refractivity contribution in [3.8, 4) is 0 Å². The summed E-state index contributed by atoms with van der Waals surface area (Å²) < 4.78 is 0. The van der Waals surface area contributed by atoms with Gasteiger partial charge in [0.15, 0.2) is 5.78 Å². The number of hydrogen-bond donors (Lipinski definition) is 3. The van der Waals surface area contributed by atoms with E-state index in [4.69, 9.17) is 5.84 Å². The number of benzene rings is 1. The summed E-state index contributed by atoms with van der Waals surface area (Å²) in [7, 11) is 0. The van der Waals surface area contributed by atoms with E-state index in [0.29, 0.717) is 11.1 Å². The standard InChI is InChI=1S/C14H14N4O4/c15-17-14(20)13(10-5-6-16-8-10)12(19)7-9-1-3-11(4-2-9)18(21)22/h1-6,8,13,16H,7,15H2,(H,17,20). The van der Waals surface area contributed by atoms with E-state index >= 15 is 0 Å². The van der Waals surface area contributed by atoms with Gasteiger partial charge >= 0.3 is 0 Å². The molecule has 0 spiro atoms. The Hall–Kier alpha value is -3.00. The second-order valence-corrected chi connectivity index (χ2v) is 4.65. The molecule has 0 fully saturated rings. The van der Waals surface area contributed by atoms with E-state index < -0.39 is 16.7 Å². The lowest BCUT2D eigenvalue weighted by atomic mass is 9.92. The van der Waals surface area contributed by atoms with Gasteiger partial charge < -0.3 is 4.98 Å². The second-order valence-electron chi connectivity index (χ2n) is 4.65. The van der Waals surface area contributed by atoms with Gasteiger partial charge in [-0.3, -0.25) is 25.1 Å². The molecule has 0 aliphatic rings. The van der Waals surface area contributed by atoms with Crippen LogP contribution in [0.3, 0.4) is 0 Å². The van der Waals surface area contributed by atoms with Gasteiger partial charge in [0.1, 0.15) is 5.92 Å². The quantitative estimate of drug-likeness (QED) is 0.239. The summed E-state index contributed by atoms with van der Waals surface area (Å²) in [4.78, 5) is 37.0. The molecule has 8 nitrogen and oxygen atoms in total. The zero-order chi connectivity index (χ0) is 16.1.